The normalized spacial score (nSPS) is 13.2. The third-order valence-corrected chi connectivity index (χ3v) is 8.74. The van der Waals surface area contributed by atoms with Gasteiger partial charge in [-0.25, -0.2) is 0 Å². The Bertz CT molecular complexity index is 518. The second-order valence-electron chi connectivity index (χ2n) is 12.0. The van der Waals surface area contributed by atoms with E-state index in [0.29, 0.717) is 12.3 Å². The van der Waals surface area contributed by atoms with Crippen LogP contribution in [0.2, 0.25) is 0 Å². The summed E-state index contributed by atoms with van der Waals surface area (Å²) >= 11 is 3.51. The number of esters is 1. The van der Waals surface area contributed by atoms with Gasteiger partial charge in [0.1, 0.15) is 6.10 Å². The monoisotopic (exact) mass is 612 g/mol. The third kappa shape index (κ3) is 27.6. The van der Waals surface area contributed by atoms with Crippen LogP contribution in [0.5, 0.6) is 0 Å². The minimum Gasteiger partial charge on any atom is -0.462 e. The molecule has 39 heavy (non-hydrogen) atoms. The number of allylic oxidation sites excluding steroid dienone is 2. The summed E-state index contributed by atoms with van der Waals surface area (Å²) in [5, 5.41) is 1.02. The first kappa shape index (κ1) is 38.7. The van der Waals surface area contributed by atoms with E-state index in [4.69, 9.17) is 4.74 Å². The van der Waals surface area contributed by atoms with Gasteiger partial charge in [-0.15, -0.1) is 0 Å². The molecule has 0 bridgehead atoms. The first-order valence-electron chi connectivity index (χ1n) is 17.6. The number of ether oxygens (including phenoxy) is 1. The Morgan fingerprint density at radius 1 is 0.564 bits per heavy atom. The molecule has 0 heterocycles. The highest BCUT2D eigenvalue weighted by atomic mass is 79.9. The van der Waals surface area contributed by atoms with E-state index >= 15 is 0 Å². The van der Waals surface area contributed by atoms with E-state index in [1.54, 1.807) is 0 Å². The van der Waals surface area contributed by atoms with Gasteiger partial charge in [0, 0.05) is 11.8 Å². The van der Waals surface area contributed by atoms with Gasteiger partial charge < -0.3 is 4.74 Å². The van der Waals surface area contributed by atoms with Crippen molar-refractivity contribution in [3.05, 3.63) is 12.2 Å². The van der Waals surface area contributed by atoms with Crippen molar-refractivity contribution in [1.82, 2.24) is 0 Å². The predicted molar refractivity (Wildman–Crippen MR) is 178 cm³/mol. The van der Waals surface area contributed by atoms with Crippen LogP contribution in [0.25, 0.3) is 0 Å². The maximum absolute atomic E-state index is 12.9. The second-order valence-corrected chi connectivity index (χ2v) is 12.8. The van der Waals surface area contributed by atoms with Crippen molar-refractivity contribution in [2.45, 2.75) is 200 Å². The van der Waals surface area contributed by atoms with Crippen LogP contribution in [0.4, 0.5) is 0 Å². The lowest BCUT2D eigenvalue weighted by Gasteiger charge is -2.28. The second kappa shape index (κ2) is 32.2. The van der Waals surface area contributed by atoms with Crippen LogP contribution < -0.4 is 0 Å². The quantitative estimate of drug-likeness (QED) is 0.0336. The third-order valence-electron chi connectivity index (χ3n) is 8.18. The van der Waals surface area contributed by atoms with Crippen LogP contribution in [0, 0.1) is 5.92 Å². The minimum absolute atomic E-state index is 0.0496. The predicted octanol–water partition coefficient (Wildman–Crippen LogP) is 13.1. The number of alkyl halides is 1. The molecule has 0 aromatic rings. The summed E-state index contributed by atoms with van der Waals surface area (Å²) < 4.78 is 6.30. The Balaban J connectivity index is 4.93. The first-order chi connectivity index (χ1) is 19.2. The van der Waals surface area contributed by atoms with E-state index in [-0.39, 0.29) is 12.1 Å². The maximum atomic E-state index is 12.9. The van der Waals surface area contributed by atoms with E-state index in [1.165, 1.54) is 128 Å². The van der Waals surface area contributed by atoms with Crippen LogP contribution in [-0.2, 0) is 9.53 Å². The first-order valence-corrected chi connectivity index (χ1v) is 18.7. The van der Waals surface area contributed by atoms with Gasteiger partial charge in [0.25, 0.3) is 0 Å². The van der Waals surface area contributed by atoms with Gasteiger partial charge in [-0.05, 0) is 63.7 Å². The highest BCUT2D eigenvalue weighted by molar-refractivity contribution is 9.09. The number of carbonyl (C=O) groups is 1. The number of unbranched alkanes of at least 4 members (excludes halogenated alkanes) is 18. The Morgan fingerprint density at radius 3 is 1.56 bits per heavy atom. The van der Waals surface area contributed by atoms with Crippen LogP contribution >= 0.6 is 15.9 Å². The fraction of sp³-hybridized carbons (Fsp3) is 0.917. The standard InChI is InChI=1S/C36H69BrO2/c1-4-7-10-13-16-18-21-25-30-34(29-24-20-15-12-9-6-3)35(39-36(38)32-27-23-28-33-37)31-26-22-19-17-14-11-8-5-2/h17,19,34-35H,4-16,18,20-33H2,1-3H3/b19-17-. The molecule has 0 aliphatic heterocycles. The smallest absolute Gasteiger partial charge is 0.306 e. The molecule has 0 radical (unpaired) electrons. The molecule has 0 rings (SSSR count). The van der Waals surface area contributed by atoms with Crippen molar-refractivity contribution in [2.24, 2.45) is 5.92 Å². The van der Waals surface area contributed by atoms with E-state index in [0.717, 1.165) is 43.9 Å². The van der Waals surface area contributed by atoms with Crippen molar-refractivity contribution < 1.29 is 9.53 Å². The van der Waals surface area contributed by atoms with E-state index in [1.807, 2.05) is 0 Å². The molecule has 2 atom stereocenters. The lowest BCUT2D eigenvalue weighted by Crippen LogP contribution is -2.27. The van der Waals surface area contributed by atoms with E-state index in [9.17, 15) is 4.79 Å². The van der Waals surface area contributed by atoms with Crippen LogP contribution in [0.3, 0.4) is 0 Å². The topological polar surface area (TPSA) is 26.3 Å². The van der Waals surface area contributed by atoms with Gasteiger partial charge in [0.2, 0.25) is 0 Å². The van der Waals surface area contributed by atoms with Gasteiger partial charge in [-0.2, -0.15) is 0 Å². The largest absolute Gasteiger partial charge is 0.462 e. The lowest BCUT2D eigenvalue weighted by molar-refractivity contribution is -0.153. The highest BCUT2D eigenvalue weighted by Crippen LogP contribution is 2.28. The number of hydrogen-bond donors (Lipinski definition) is 0. The van der Waals surface area contributed by atoms with Crippen molar-refractivity contribution in [3.8, 4) is 0 Å². The minimum atomic E-state index is 0.0496. The molecule has 0 saturated carbocycles. The zero-order valence-electron chi connectivity index (χ0n) is 26.8. The molecule has 0 aromatic heterocycles. The van der Waals surface area contributed by atoms with Gasteiger partial charge in [0.05, 0.1) is 0 Å². The Kier molecular flexibility index (Phi) is 32.0. The average Bonchev–Trinajstić information content (AvgIpc) is 2.94. The molecule has 0 amide bonds. The summed E-state index contributed by atoms with van der Waals surface area (Å²) in [7, 11) is 0. The molecule has 2 unspecified atom stereocenters. The van der Waals surface area contributed by atoms with E-state index in [2.05, 4.69) is 48.9 Å². The van der Waals surface area contributed by atoms with Crippen LogP contribution in [0.15, 0.2) is 12.2 Å². The Labute approximate surface area is 254 Å². The molecular formula is C36H69BrO2. The molecule has 0 aliphatic rings. The summed E-state index contributed by atoms with van der Waals surface area (Å²) in [6.07, 6.45) is 38.5. The van der Waals surface area contributed by atoms with Crippen molar-refractivity contribution in [2.75, 3.05) is 5.33 Å². The summed E-state index contributed by atoms with van der Waals surface area (Å²) in [5.74, 6) is 0.588. The van der Waals surface area contributed by atoms with Crippen LogP contribution in [0.1, 0.15) is 194 Å². The number of rotatable bonds is 31. The molecule has 0 aliphatic carbocycles. The Morgan fingerprint density at radius 2 is 1.03 bits per heavy atom. The zero-order chi connectivity index (χ0) is 28.7. The van der Waals surface area contributed by atoms with Gasteiger partial charge in [-0.3, -0.25) is 4.79 Å². The Hall–Kier alpha value is -0.310. The van der Waals surface area contributed by atoms with Crippen molar-refractivity contribution >= 4 is 21.9 Å². The maximum Gasteiger partial charge on any atom is 0.306 e. The molecular weight excluding hydrogens is 544 g/mol. The SMILES string of the molecule is CCCCC/C=C\CCCC(OC(=O)CCCCCBr)C(CCCCCCCC)CCCCCCCCCC. The summed E-state index contributed by atoms with van der Waals surface area (Å²) in [6.45, 7) is 6.85. The average molecular weight is 614 g/mol. The van der Waals surface area contributed by atoms with Crippen molar-refractivity contribution in [3.63, 3.8) is 0 Å². The molecule has 3 heteroatoms. The fourth-order valence-electron chi connectivity index (χ4n) is 5.59. The number of halogens is 1. The van der Waals surface area contributed by atoms with E-state index < -0.39 is 0 Å². The van der Waals surface area contributed by atoms with Gasteiger partial charge in [0.15, 0.2) is 0 Å². The fourth-order valence-corrected chi connectivity index (χ4v) is 5.98. The van der Waals surface area contributed by atoms with Crippen LogP contribution in [-0.4, -0.2) is 17.4 Å². The molecule has 232 valence electrons. The summed E-state index contributed by atoms with van der Waals surface area (Å²) in [6, 6.07) is 0. The van der Waals surface area contributed by atoms with Gasteiger partial charge in [-0.1, -0.05) is 158 Å². The molecule has 0 N–H and O–H groups in total. The van der Waals surface area contributed by atoms with Gasteiger partial charge >= 0.3 is 5.97 Å². The summed E-state index contributed by atoms with van der Waals surface area (Å²) in [4.78, 5) is 12.9. The molecule has 0 saturated heterocycles. The number of hydrogen-bond acceptors (Lipinski definition) is 2. The summed E-state index contributed by atoms with van der Waals surface area (Å²) in [5.41, 5.74) is 0. The molecule has 0 fully saturated rings. The molecule has 2 nitrogen and oxygen atoms in total. The van der Waals surface area contributed by atoms with Crippen molar-refractivity contribution in [1.29, 1.82) is 0 Å². The number of carbonyl (C=O) groups excluding carboxylic acids is 1. The highest BCUT2D eigenvalue weighted by Gasteiger charge is 2.24. The molecule has 0 aromatic carbocycles. The zero-order valence-corrected chi connectivity index (χ0v) is 28.4. The molecule has 0 spiro atoms. The lowest BCUT2D eigenvalue weighted by atomic mass is 9.87.